The van der Waals surface area contributed by atoms with Gasteiger partial charge in [-0.3, -0.25) is 10.1 Å². The van der Waals surface area contributed by atoms with Crippen molar-refractivity contribution in [2.45, 2.75) is 6.54 Å². The quantitative estimate of drug-likeness (QED) is 0.392. The Morgan fingerprint density at radius 1 is 1.52 bits per heavy atom. The van der Waals surface area contributed by atoms with Gasteiger partial charge < -0.3 is 15.4 Å². The zero-order valence-electron chi connectivity index (χ0n) is 11.8. The molecule has 114 valence electrons. The molecule has 0 atom stereocenters. The first-order valence-corrected chi connectivity index (χ1v) is 7.71. The number of hydrogen-bond acceptors (Lipinski definition) is 5. The Morgan fingerprint density at radius 3 is 2.86 bits per heavy atom. The largest absolute Gasteiger partial charge is 0.496 e. The summed E-state index contributed by atoms with van der Waals surface area (Å²) in [4.78, 5) is 16.8. The summed E-state index contributed by atoms with van der Waals surface area (Å²) in [6, 6.07) is 4.47. The highest BCUT2D eigenvalue weighted by atomic mass is 32.2. The third-order valence-corrected chi connectivity index (χ3v) is 4.16. The SMILES string of the molecule is COc1ccc([N+](=O)[O-])cc1CN=C(N)N1CCSCC1. The van der Waals surface area contributed by atoms with Crippen LogP contribution in [0.2, 0.25) is 0 Å². The topological polar surface area (TPSA) is 94.0 Å². The third-order valence-electron chi connectivity index (χ3n) is 3.22. The normalized spacial score (nSPS) is 15.9. The van der Waals surface area contributed by atoms with Gasteiger partial charge in [0.2, 0.25) is 0 Å². The first-order chi connectivity index (χ1) is 10.1. The summed E-state index contributed by atoms with van der Waals surface area (Å²) in [6.45, 7) is 2.03. The summed E-state index contributed by atoms with van der Waals surface area (Å²) in [7, 11) is 1.53. The molecule has 0 aliphatic carbocycles. The van der Waals surface area contributed by atoms with Crippen molar-refractivity contribution in [3.8, 4) is 5.75 Å². The molecule has 0 unspecified atom stereocenters. The second kappa shape index (κ2) is 7.16. The van der Waals surface area contributed by atoms with Crippen LogP contribution in [0.5, 0.6) is 5.75 Å². The van der Waals surface area contributed by atoms with E-state index in [1.165, 1.54) is 19.2 Å². The van der Waals surface area contributed by atoms with Crippen molar-refractivity contribution in [1.29, 1.82) is 0 Å². The van der Waals surface area contributed by atoms with Crippen molar-refractivity contribution in [2.24, 2.45) is 10.7 Å². The monoisotopic (exact) mass is 310 g/mol. The molecule has 1 saturated heterocycles. The van der Waals surface area contributed by atoms with E-state index in [9.17, 15) is 10.1 Å². The minimum absolute atomic E-state index is 0.0222. The molecule has 1 aliphatic rings. The molecule has 21 heavy (non-hydrogen) atoms. The highest BCUT2D eigenvalue weighted by Gasteiger charge is 2.14. The second-order valence-corrected chi connectivity index (χ2v) is 5.75. The molecule has 7 nitrogen and oxygen atoms in total. The number of nitrogens with zero attached hydrogens (tertiary/aromatic N) is 3. The molecule has 2 rings (SSSR count). The number of ether oxygens (including phenoxy) is 1. The minimum Gasteiger partial charge on any atom is -0.496 e. The zero-order valence-corrected chi connectivity index (χ0v) is 12.6. The maximum absolute atomic E-state index is 10.8. The van der Waals surface area contributed by atoms with Crippen LogP contribution in [0.15, 0.2) is 23.2 Å². The van der Waals surface area contributed by atoms with Gasteiger partial charge in [-0.25, -0.2) is 4.99 Å². The van der Waals surface area contributed by atoms with Crippen LogP contribution in [0, 0.1) is 10.1 Å². The lowest BCUT2D eigenvalue weighted by molar-refractivity contribution is -0.384. The van der Waals surface area contributed by atoms with Gasteiger partial charge in [-0.05, 0) is 6.07 Å². The van der Waals surface area contributed by atoms with Crippen molar-refractivity contribution in [1.82, 2.24) is 4.90 Å². The van der Waals surface area contributed by atoms with Gasteiger partial charge in [-0.1, -0.05) is 0 Å². The van der Waals surface area contributed by atoms with E-state index < -0.39 is 4.92 Å². The summed E-state index contributed by atoms with van der Waals surface area (Å²) in [5.74, 6) is 3.13. The van der Waals surface area contributed by atoms with E-state index in [1.807, 2.05) is 16.7 Å². The van der Waals surface area contributed by atoms with Crippen molar-refractivity contribution >= 4 is 23.4 Å². The van der Waals surface area contributed by atoms with E-state index in [-0.39, 0.29) is 12.2 Å². The number of rotatable bonds is 4. The van der Waals surface area contributed by atoms with Crippen molar-refractivity contribution < 1.29 is 9.66 Å². The number of guanidine groups is 1. The first kappa shape index (κ1) is 15.4. The summed E-state index contributed by atoms with van der Waals surface area (Å²) in [6.07, 6.45) is 0. The van der Waals surface area contributed by atoms with Crippen LogP contribution in [0.1, 0.15) is 5.56 Å². The number of hydrogen-bond donors (Lipinski definition) is 1. The molecule has 1 heterocycles. The van der Waals surface area contributed by atoms with Gasteiger partial charge in [0.05, 0.1) is 18.6 Å². The number of nitrogens with two attached hydrogens (primary N) is 1. The van der Waals surface area contributed by atoms with E-state index in [1.54, 1.807) is 6.07 Å². The predicted octanol–water partition coefficient (Wildman–Crippen LogP) is 1.47. The third kappa shape index (κ3) is 4.01. The van der Waals surface area contributed by atoms with Crippen LogP contribution in [0.3, 0.4) is 0 Å². The van der Waals surface area contributed by atoms with Crippen molar-refractivity contribution in [2.75, 3.05) is 31.7 Å². The maximum atomic E-state index is 10.8. The smallest absolute Gasteiger partial charge is 0.270 e. The lowest BCUT2D eigenvalue weighted by Gasteiger charge is -2.27. The van der Waals surface area contributed by atoms with Gasteiger partial charge >= 0.3 is 0 Å². The van der Waals surface area contributed by atoms with Crippen molar-refractivity contribution in [3.05, 3.63) is 33.9 Å². The second-order valence-electron chi connectivity index (χ2n) is 4.53. The fraction of sp³-hybridized carbons (Fsp3) is 0.462. The Morgan fingerprint density at radius 2 is 2.24 bits per heavy atom. The molecular formula is C13H18N4O3S. The maximum Gasteiger partial charge on any atom is 0.270 e. The van der Waals surface area contributed by atoms with E-state index in [0.717, 1.165) is 24.6 Å². The average molecular weight is 310 g/mol. The fourth-order valence-corrected chi connectivity index (χ4v) is 2.96. The molecule has 0 radical (unpaired) electrons. The highest BCUT2D eigenvalue weighted by Crippen LogP contribution is 2.24. The van der Waals surface area contributed by atoms with Gasteiger partial charge in [0.25, 0.3) is 5.69 Å². The molecule has 1 aliphatic heterocycles. The summed E-state index contributed by atoms with van der Waals surface area (Å²) >= 11 is 1.89. The number of methoxy groups -OCH3 is 1. The number of nitro benzene ring substituents is 1. The Hall–Kier alpha value is -1.96. The van der Waals surface area contributed by atoms with Gasteiger partial charge in [0, 0.05) is 42.3 Å². The molecule has 0 aromatic heterocycles. The van der Waals surface area contributed by atoms with Gasteiger partial charge in [-0.15, -0.1) is 0 Å². The average Bonchev–Trinajstić information content (AvgIpc) is 2.53. The number of non-ortho nitro benzene ring substituents is 1. The van der Waals surface area contributed by atoms with E-state index in [4.69, 9.17) is 10.5 Å². The van der Waals surface area contributed by atoms with Crippen LogP contribution in [-0.4, -0.2) is 47.5 Å². The molecule has 0 amide bonds. The lowest BCUT2D eigenvalue weighted by atomic mass is 10.2. The van der Waals surface area contributed by atoms with Gasteiger partial charge in [-0.2, -0.15) is 11.8 Å². The molecule has 1 aromatic rings. The lowest BCUT2D eigenvalue weighted by Crippen LogP contribution is -2.42. The molecule has 1 aromatic carbocycles. The summed E-state index contributed by atoms with van der Waals surface area (Å²) < 4.78 is 5.21. The Kier molecular flexibility index (Phi) is 5.26. The molecule has 8 heteroatoms. The predicted molar refractivity (Wildman–Crippen MR) is 83.9 cm³/mol. The molecule has 1 fully saturated rings. The Labute approximate surface area is 127 Å². The van der Waals surface area contributed by atoms with Crippen LogP contribution >= 0.6 is 11.8 Å². The zero-order chi connectivity index (χ0) is 15.2. The molecule has 0 saturated carbocycles. The highest BCUT2D eigenvalue weighted by molar-refractivity contribution is 7.99. The molecular weight excluding hydrogens is 292 g/mol. The van der Waals surface area contributed by atoms with Crippen LogP contribution in [-0.2, 0) is 6.54 Å². The molecule has 0 bridgehead atoms. The van der Waals surface area contributed by atoms with E-state index in [2.05, 4.69) is 4.99 Å². The number of nitro groups is 1. The summed E-state index contributed by atoms with van der Waals surface area (Å²) in [5, 5.41) is 10.8. The van der Waals surface area contributed by atoms with Crippen LogP contribution < -0.4 is 10.5 Å². The number of aliphatic imine (C=N–C) groups is 1. The van der Waals surface area contributed by atoms with E-state index in [0.29, 0.717) is 17.3 Å². The summed E-state index contributed by atoms with van der Waals surface area (Å²) in [5.41, 5.74) is 6.65. The first-order valence-electron chi connectivity index (χ1n) is 6.55. The van der Waals surface area contributed by atoms with Gasteiger partial charge in [0.15, 0.2) is 5.96 Å². The molecule has 0 spiro atoms. The number of benzene rings is 1. The Balaban J connectivity index is 2.13. The number of thioether (sulfide) groups is 1. The minimum atomic E-state index is -0.433. The van der Waals surface area contributed by atoms with E-state index >= 15 is 0 Å². The van der Waals surface area contributed by atoms with Crippen LogP contribution in [0.25, 0.3) is 0 Å². The van der Waals surface area contributed by atoms with Crippen LogP contribution in [0.4, 0.5) is 5.69 Å². The Bertz CT molecular complexity index is 544. The van der Waals surface area contributed by atoms with Gasteiger partial charge in [0.1, 0.15) is 5.75 Å². The standard InChI is InChI=1S/C13H18N4O3S/c1-20-12-3-2-11(17(18)19)8-10(12)9-15-13(14)16-4-6-21-7-5-16/h2-3,8H,4-7,9H2,1H3,(H2,14,15). The fourth-order valence-electron chi connectivity index (χ4n) is 2.06. The molecule has 2 N–H and O–H groups in total. The van der Waals surface area contributed by atoms with Crippen molar-refractivity contribution in [3.63, 3.8) is 0 Å².